The molecule has 0 radical (unpaired) electrons. The van der Waals surface area contributed by atoms with Crippen molar-refractivity contribution in [2.45, 2.75) is 0 Å². The molecule has 5 heteroatoms. The van der Waals surface area contributed by atoms with Gasteiger partial charge >= 0.3 is 5.97 Å². The minimum Gasteiger partial charge on any atom is -0.465 e. The maximum Gasteiger partial charge on any atom is 0.338 e. The van der Waals surface area contributed by atoms with E-state index in [2.05, 4.69) is 0 Å². The normalized spacial score (nSPS) is 12.7. The summed E-state index contributed by atoms with van der Waals surface area (Å²) in [5.41, 5.74) is 3.59. The summed E-state index contributed by atoms with van der Waals surface area (Å²) >= 11 is 0. The molecule has 0 saturated heterocycles. The number of carbonyl (C=O) groups is 1. The first-order valence-corrected chi connectivity index (χ1v) is 8.19. The third-order valence-corrected chi connectivity index (χ3v) is 4.61. The second-order valence-corrected chi connectivity index (χ2v) is 6.02. The third-order valence-electron chi connectivity index (χ3n) is 4.61. The molecule has 0 saturated carbocycles. The summed E-state index contributed by atoms with van der Waals surface area (Å²) in [4.78, 5) is 12.4. The maximum absolute atomic E-state index is 12.4. The van der Waals surface area contributed by atoms with Crippen LogP contribution < -0.4 is 9.47 Å². The number of benzene rings is 3. The SMILES string of the molecule is COC(=O)c1cc2c(cc1-c1cccc3oc4ccccc4c13)OCO2. The van der Waals surface area contributed by atoms with Crippen molar-refractivity contribution in [3.05, 3.63) is 60.2 Å². The largest absolute Gasteiger partial charge is 0.465 e. The van der Waals surface area contributed by atoms with Crippen LogP contribution in [0.4, 0.5) is 0 Å². The molecule has 0 N–H and O–H groups in total. The van der Waals surface area contributed by atoms with Crippen LogP contribution in [0.2, 0.25) is 0 Å². The lowest BCUT2D eigenvalue weighted by Crippen LogP contribution is -2.04. The van der Waals surface area contributed by atoms with E-state index < -0.39 is 5.97 Å². The number of para-hydroxylation sites is 1. The van der Waals surface area contributed by atoms with Crippen molar-refractivity contribution in [3.63, 3.8) is 0 Å². The fourth-order valence-corrected chi connectivity index (χ4v) is 3.44. The molecule has 0 spiro atoms. The average molecular weight is 346 g/mol. The van der Waals surface area contributed by atoms with Gasteiger partial charge in [-0.25, -0.2) is 4.79 Å². The van der Waals surface area contributed by atoms with Crippen molar-refractivity contribution >= 4 is 27.9 Å². The summed E-state index contributed by atoms with van der Waals surface area (Å²) in [6.07, 6.45) is 0. The molecule has 5 rings (SSSR count). The van der Waals surface area contributed by atoms with Crippen LogP contribution in [0.3, 0.4) is 0 Å². The average Bonchev–Trinajstić information content (AvgIpc) is 3.29. The topological polar surface area (TPSA) is 57.9 Å². The quantitative estimate of drug-likeness (QED) is 0.489. The number of furan rings is 1. The predicted octanol–water partition coefficient (Wildman–Crippen LogP) is 4.77. The molecular weight excluding hydrogens is 332 g/mol. The molecule has 0 amide bonds. The summed E-state index contributed by atoms with van der Waals surface area (Å²) in [6, 6.07) is 17.1. The van der Waals surface area contributed by atoms with Gasteiger partial charge in [-0.05, 0) is 29.8 Å². The monoisotopic (exact) mass is 346 g/mol. The minimum atomic E-state index is -0.428. The fourth-order valence-electron chi connectivity index (χ4n) is 3.44. The van der Waals surface area contributed by atoms with Crippen LogP contribution in [0.5, 0.6) is 11.5 Å². The first-order valence-electron chi connectivity index (χ1n) is 8.19. The number of fused-ring (bicyclic) bond motifs is 4. The first-order chi connectivity index (χ1) is 12.8. The summed E-state index contributed by atoms with van der Waals surface area (Å²) in [5.74, 6) is 0.721. The van der Waals surface area contributed by atoms with Crippen molar-refractivity contribution in [2.75, 3.05) is 13.9 Å². The van der Waals surface area contributed by atoms with Crippen LogP contribution in [0.15, 0.2) is 59.0 Å². The Morgan fingerprint density at radius 2 is 1.69 bits per heavy atom. The van der Waals surface area contributed by atoms with E-state index >= 15 is 0 Å². The summed E-state index contributed by atoms with van der Waals surface area (Å²) in [6.45, 7) is 0.137. The number of hydrogen-bond acceptors (Lipinski definition) is 5. The van der Waals surface area contributed by atoms with Crippen LogP contribution in [-0.2, 0) is 4.74 Å². The maximum atomic E-state index is 12.4. The Morgan fingerprint density at radius 3 is 2.54 bits per heavy atom. The number of ether oxygens (including phenoxy) is 3. The van der Waals surface area contributed by atoms with E-state index in [4.69, 9.17) is 18.6 Å². The highest BCUT2D eigenvalue weighted by molar-refractivity contribution is 6.14. The van der Waals surface area contributed by atoms with E-state index in [1.807, 2.05) is 48.5 Å². The molecule has 5 nitrogen and oxygen atoms in total. The molecule has 26 heavy (non-hydrogen) atoms. The van der Waals surface area contributed by atoms with E-state index in [1.54, 1.807) is 6.07 Å². The molecule has 0 bridgehead atoms. The van der Waals surface area contributed by atoms with Crippen molar-refractivity contribution in [2.24, 2.45) is 0 Å². The number of carbonyl (C=O) groups excluding carboxylic acids is 1. The second-order valence-electron chi connectivity index (χ2n) is 6.02. The van der Waals surface area contributed by atoms with E-state index in [0.717, 1.165) is 33.1 Å². The molecule has 0 fully saturated rings. The number of rotatable bonds is 2. The van der Waals surface area contributed by atoms with Gasteiger partial charge in [0.05, 0.1) is 12.7 Å². The lowest BCUT2D eigenvalue weighted by atomic mass is 9.95. The van der Waals surface area contributed by atoms with Gasteiger partial charge in [0.2, 0.25) is 6.79 Å². The molecule has 0 unspecified atom stereocenters. The van der Waals surface area contributed by atoms with E-state index in [-0.39, 0.29) is 6.79 Å². The number of hydrogen-bond donors (Lipinski definition) is 0. The molecule has 4 aromatic rings. The van der Waals surface area contributed by atoms with E-state index in [1.165, 1.54) is 7.11 Å². The lowest BCUT2D eigenvalue weighted by molar-refractivity contribution is 0.0601. The highest BCUT2D eigenvalue weighted by Gasteiger charge is 2.24. The van der Waals surface area contributed by atoms with Gasteiger partial charge < -0.3 is 18.6 Å². The van der Waals surface area contributed by atoms with Crippen molar-refractivity contribution < 1.29 is 23.4 Å². The molecular formula is C21H14O5. The molecule has 3 aromatic carbocycles. The van der Waals surface area contributed by atoms with Crippen LogP contribution >= 0.6 is 0 Å². The predicted molar refractivity (Wildman–Crippen MR) is 96.6 cm³/mol. The zero-order valence-electron chi connectivity index (χ0n) is 13.9. The Kier molecular flexibility index (Phi) is 3.15. The van der Waals surface area contributed by atoms with Gasteiger partial charge in [0, 0.05) is 16.3 Å². The molecule has 0 atom stereocenters. The highest BCUT2D eigenvalue weighted by atomic mass is 16.7. The Bertz CT molecular complexity index is 1170. The molecule has 1 aliphatic heterocycles. The molecule has 1 aliphatic rings. The van der Waals surface area contributed by atoms with Crippen molar-refractivity contribution in [3.8, 4) is 22.6 Å². The second kappa shape index (κ2) is 5.52. The van der Waals surface area contributed by atoms with Crippen LogP contribution in [-0.4, -0.2) is 19.9 Å². The zero-order chi connectivity index (χ0) is 17.7. The van der Waals surface area contributed by atoms with Gasteiger partial charge in [0.1, 0.15) is 11.2 Å². The Balaban J connectivity index is 1.87. The van der Waals surface area contributed by atoms with Crippen LogP contribution in [0, 0.1) is 0 Å². The lowest BCUT2D eigenvalue weighted by Gasteiger charge is -2.11. The third kappa shape index (κ3) is 2.07. The van der Waals surface area contributed by atoms with E-state index in [9.17, 15) is 4.79 Å². The Hall–Kier alpha value is -3.47. The minimum absolute atomic E-state index is 0.137. The van der Waals surface area contributed by atoms with Crippen LogP contribution in [0.25, 0.3) is 33.1 Å². The van der Waals surface area contributed by atoms with E-state index in [0.29, 0.717) is 17.1 Å². The molecule has 0 aliphatic carbocycles. The fraction of sp³-hybridized carbons (Fsp3) is 0.0952. The zero-order valence-corrected chi connectivity index (χ0v) is 13.9. The first kappa shape index (κ1) is 14.8. The summed E-state index contributed by atoms with van der Waals surface area (Å²) in [5, 5.41) is 1.94. The highest BCUT2D eigenvalue weighted by Crippen LogP contribution is 2.43. The number of esters is 1. The van der Waals surface area contributed by atoms with Crippen LogP contribution in [0.1, 0.15) is 10.4 Å². The standard InChI is InChI=1S/C21H14O5/c1-23-21(22)15-10-19-18(24-11-25-19)9-14(15)12-6-4-8-17-20(12)13-5-2-3-7-16(13)26-17/h2-10H,11H2,1H3. The molecule has 2 heterocycles. The van der Waals surface area contributed by atoms with Gasteiger partial charge in [-0.15, -0.1) is 0 Å². The van der Waals surface area contributed by atoms with Gasteiger partial charge in [0.15, 0.2) is 11.5 Å². The molecule has 1 aromatic heterocycles. The molecule has 128 valence electrons. The van der Waals surface area contributed by atoms with Gasteiger partial charge in [-0.3, -0.25) is 0 Å². The van der Waals surface area contributed by atoms with Gasteiger partial charge in [-0.1, -0.05) is 30.3 Å². The summed E-state index contributed by atoms with van der Waals surface area (Å²) in [7, 11) is 1.37. The van der Waals surface area contributed by atoms with Gasteiger partial charge in [-0.2, -0.15) is 0 Å². The van der Waals surface area contributed by atoms with Crippen molar-refractivity contribution in [1.82, 2.24) is 0 Å². The number of methoxy groups -OCH3 is 1. The smallest absolute Gasteiger partial charge is 0.338 e. The van der Waals surface area contributed by atoms with Crippen molar-refractivity contribution in [1.29, 1.82) is 0 Å². The summed E-state index contributed by atoms with van der Waals surface area (Å²) < 4.78 is 21.9. The Morgan fingerprint density at radius 1 is 0.923 bits per heavy atom. The van der Waals surface area contributed by atoms with Gasteiger partial charge in [0.25, 0.3) is 0 Å². The Labute approximate surface area is 148 Å².